The molecule has 0 atom stereocenters. The molecule has 1 N–H and O–H groups in total. The van der Waals surface area contributed by atoms with Gasteiger partial charge in [0.2, 0.25) is 5.91 Å². The quantitative estimate of drug-likeness (QED) is 0.738. The molecule has 0 heterocycles. The van der Waals surface area contributed by atoms with Crippen LogP contribution in [0.3, 0.4) is 0 Å². The molecule has 1 radical (unpaired) electrons. The number of nitrogens with one attached hydrogen (secondary N) is 1. The van der Waals surface area contributed by atoms with E-state index in [9.17, 15) is 4.79 Å². The summed E-state index contributed by atoms with van der Waals surface area (Å²) < 4.78 is 0. The van der Waals surface area contributed by atoms with Gasteiger partial charge in [-0.2, -0.15) is 0 Å². The standard InChI is InChI=1S/C19H28NO/c1-2-9-17-13-6-7-14-18(17)20-19(21)15-8-12-16-10-4-3-5-11-16/h6-7,13-14,16H,1-5,8-12,15H2,(H,20,21). The Morgan fingerprint density at radius 1 is 1.19 bits per heavy atom. The van der Waals surface area contributed by atoms with Gasteiger partial charge >= 0.3 is 0 Å². The van der Waals surface area contributed by atoms with Crippen molar-refractivity contribution in [2.45, 2.75) is 64.2 Å². The minimum absolute atomic E-state index is 0.155. The Morgan fingerprint density at radius 3 is 2.71 bits per heavy atom. The maximum Gasteiger partial charge on any atom is 0.224 e. The Morgan fingerprint density at radius 2 is 1.95 bits per heavy atom. The number of carbonyl (C=O) groups excluding carboxylic acids is 1. The third-order valence-electron chi connectivity index (χ3n) is 4.48. The van der Waals surface area contributed by atoms with E-state index in [1.165, 1.54) is 44.1 Å². The monoisotopic (exact) mass is 286 g/mol. The fourth-order valence-electron chi connectivity index (χ4n) is 3.29. The van der Waals surface area contributed by atoms with E-state index in [2.05, 4.69) is 18.3 Å². The van der Waals surface area contributed by atoms with Crippen LogP contribution in [0, 0.1) is 12.8 Å². The van der Waals surface area contributed by atoms with Gasteiger partial charge in [-0.1, -0.05) is 57.2 Å². The fourth-order valence-corrected chi connectivity index (χ4v) is 3.29. The molecule has 1 fully saturated rings. The highest BCUT2D eigenvalue weighted by Crippen LogP contribution is 2.27. The summed E-state index contributed by atoms with van der Waals surface area (Å²) in [6.07, 6.45) is 11.6. The Bertz CT molecular complexity index is 435. The van der Waals surface area contributed by atoms with Crippen LogP contribution in [0.25, 0.3) is 0 Å². The van der Waals surface area contributed by atoms with E-state index in [1.54, 1.807) is 0 Å². The van der Waals surface area contributed by atoms with Crippen LogP contribution in [0.2, 0.25) is 0 Å². The smallest absolute Gasteiger partial charge is 0.224 e. The molecule has 2 rings (SSSR count). The van der Waals surface area contributed by atoms with Crippen molar-refractivity contribution in [2.24, 2.45) is 5.92 Å². The van der Waals surface area contributed by atoms with Crippen LogP contribution in [-0.4, -0.2) is 5.91 Å². The van der Waals surface area contributed by atoms with Crippen molar-refractivity contribution in [3.8, 4) is 0 Å². The number of benzene rings is 1. The van der Waals surface area contributed by atoms with E-state index < -0.39 is 0 Å². The first kappa shape index (κ1) is 16.1. The fraction of sp³-hybridized carbons (Fsp3) is 0.579. The molecule has 0 aliphatic heterocycles. The number of aryl methyl sites for hydroxylation is 1. The zero-order chi connectivity index (χ0) is 14.9. The zero-order valence-electron chi connectivity index (χ0n) is 13.1. The zero-order valence-corrected chi connectivity index (χ0v) is 13.1. The van der Waals surface area contributed by atoms with E-state index in [1.807, 2.05) is 18.2 Å². The van der Waals surface area contributed by atoms with Gasteiger partial charge in [0.25, 0.3) is 0 Å². The second kappa shape index (κ2) is 8.86. The summed E-state index contributed by atoms with van der Waals surface area (Å²) in [7, 11) is 0. The Labute approximate surface area is 129 Å². The third-order valence-corrected chi connectivity index (χ3v) is 4.48. The summed E-state index contributed by atoms with van der Waals surface area (Å²) in [6, 6.07) is 8.06. The summed E-state index contributed by atoms with van der Waals surface area (Å²) in [5.74, 6) is 1.02. The molecule has 2 heteroatoms. The Kier molecular flexibility index (Phi) is 6.78. The predicted octanol–water partition coefficient (Wildman–Crippen LogP) is 5.14. The summed E-state index contributed by atoms with van der Waals surface area (Å²) in [6.45, 7) is 3.89. The maximum absolute atomic E-state index is 12.1. The van der Waals surface area contributed by atoms with Crippen LogP contribution in [-0.2, 0) is 11.2 Å². The third kappa shape index (κ3) is 5.53. The van der Waals surface area contributed by atoms with Gasteiger partial charge in [-0.05, 0) is 43.2 Å². The Balaban J connectivity index is 1.73. The molecule has 1 aromatic rings. The van der Waals surface area contributed by atoms with Crippen molar-refractivity contribution in [3.63, 3.8) is 0 Å². The lowest BCUT2D eigenvalue weighted by Gasteiger charge is -2.21. The molecule has 0 unspecified atom stereocenters. The minimum Gasteiger partial charge on any atom is -0.326 e. The average Bonchev–Trinajstić information content (AvgIpc) is 2.50. The van der Waals surface area contributed by atoms with Gasteiger partial charge in [0, 0.05) is 12.1 Å². The van der Waals surface area contributed by atoms with Crippen LogP contribution in [0.1, 0.15) is 63.4 Å². The highest BCUT2D eigenvalue weighted by Gasteiger charge is 2.14. The van der Waals surface area contributed by atoms with Crippen LogP contribution in [0.4, 0.5) is 5.69 Å². The normalized spacial score (nSPS) is 15.9. The second-order valence-electron chi connectivity index (χ2n) is 6.21. The van der Waals surface area contributed by atoms with Gasteiger partial charge in [0.1, 0.15) is 0 Å². The van der Waals surface area contributed by atoms with Crippen LogP contribution in [0.15, 0.2) is 24.3 Å². The molecule has 1 saturated carbocycles. The summed E-state index contributed by atoms with van der Waals surface area (Å²) >= 11 is 0. The van der Waals surface area contributed by atoms with E-state index in [0.717, 1.165) is 30.9 Å². The molecule has 1 aliphatic rings. The van der Waals surface area contributed by atoms with Crippen molar-refractivity contribution in [1.82, 2.24) is 0 Å². The van der Waals surface area contributed by atoms with E-state index >= 15 is 0 Å². The number of anilines is 1. The van der Waals surface area contributed by atoms with Gasteiger partial charge in [-0.25, -0.2) is 0 Å². The van der Waals surface area contributed by atoms with Gasteiger partial charge < -0.3 is 5.32 Å². The largest absolute Gasteiger partial charge is 0.326 e. The summed E-state index contributed by atoms with van der Waals surface area (Å²) in [4.78, 5) is 12.1. The van der Waals surface area contributed by atoms with Crippen LogP contribution < -0.4 is 5.32 Å². The molecule has 1 amide bonds. The molecule has 0 spiro atoms. The van der Waals surface area contributed by atoms with Gasteiger partial charge in [0.05, 0.1) is 0 Å². The van der Waals surface area contributed by atoms with Crippen LogP contribution in [0.5, 0.6) is 0 Å². The number of hydrogen-bond donors (Lipinski definition) is 1. The van der Waals surface area contributed by atoms with E-state index in [4.69, 9.17) is 0 Å². The van der Waals surface area contributed by atoms with Crippen molar-refractivity contribution in [1.29, 1.82) is 0 Å². The molecule has 115 valence electrons. The SMILES string of the molecule is [CH2]CCc1ccccc1NC(=O)CCCC1CCCCC1. The topological polar surface area (TPSA) is 29.1 Å². The van der Waals surface area contributed by atoms with Crippen molar-refractivity contribution < 1.29 is 4.79 Å². The number of amides is 1. The first-order valence-corrected chi connectivity index (χ1v) is 8.46. The number of para-hydroxylation sites is 1. The second-order valence-corrected chi connectivity index (χ2v) is 6.21. The predicted molar refractivity (Wildman–Crippen MR) is 89.2 cm³/mol. The first-order chi connectivity index (χ1) is 10.3. The van der Waals surface area contributed by atoms with Gasteiger partial charge in [-0.3, -0.25) is 4.79 Å². The lowest BCUT2D eigenvalue weighted by Crippen LogP contribution is -2.14. The number of hydrogen-bond acceptors (Lipinski definition) is 1. The Hall–Kier alpha value is -1.31. The highest BCUT2D eigenvalue weighted by atomic mass is 16.1. The van der Waals surface area contributed by atoms with Crippen molar-refractivity contribution in [2.75, 3.05) is 5.32 Å². The lowest BCUT2D eigenvalue weighted by molar-refractivity contribution is -0.116. The minimum atomic E-state index is 0.155. The van der Waals surface area contributed by atoms with Gasteiger partial charge in [0.15, 0.2) is 0 Å². The summed E-state index contributed by atoms with van der Waals surface area (Å²) in [5.41, 5.74) is 2.15. The van der Waals surface area contributed by atoms with E-state index in [-0.39, 0.29) is 5.91 Å². The molecular formula is C19H28NO. The molecular weight excluding hydrogens is 258 g/mol. The average molecular weight is 286 g/mol. The molecule has 1 aliphatic carbocycles. The van der Waals surface area contributed by atoms with Crippen molar-refractivity contribution >= 4 is 11.6 Å². The molecule has 1 aromatic carbocycles. The molecule has 0 aromatic heterocycles. The number of rotatable bonds is 7. The summed E-state index contributed by atoms with van der Waals surface area (Å²) in [5, 5.41) is 3.07. The highest BCUT2D eigenvalue weighted by molar-refractivity contribution is 5.91. The molecule has 0 bridgehead atoms. The van der Waals surface area contributed by atoms with Crippen LogP contribution >= 0.6 is 0 Å². The molecule has 0 saturated heterocycles. The molecule has 21 heavy (non-hydrogen) atoms. The number of carbonyl (C=O) groups is 1. The van der Waals surface area contributed by atoms with Gasteiger partial charge in [-0.15, -0.1) is 0 Å². The van der Waals surface area contributed by atoms with E-state index in [0.29, 0.717) is 6.42 Å². The lowest BCUT2D eigenvalue weighted by atomic mass is 9.86. The maximum atomic E-state index is 12.1. The first-order valence-electron chi connectivity index (χ1n) is 8.46. The van der Waals surface area contributed by atoms with Crippen molar-refractivity contribution in [3.05, 3.63) is 36.8 Å². The molecule has 2 nitrogen and oxygen atoms in total.